The number of aldehydes is 1. The molecule has 0 aliphatic rings. The molecular weight excluding hydrogens is 364 g/mol. The Labute approximate surface area is 171 Å². The van der Waals surface area contributed by atoms with Crippen LogP contribution in [0.25, 0.3) is 0 Å². The number of rotatable bonds is 9. The molecule has 29 heavy (non-hydrogen) atoms. The van der Waals surface area contributed by atoms with Crippen LogP contribution < -0.4 is 4.74 Å². The Morgan fingerprint density at radius 3 is 2.10 bits per heavy atom. The Hall–Kier alpha value is -3.40. The van der Waals surface area contributed by atoms with Crippen LogP contribution in [0.5, 0.6) is 5.75 Å². The summed E-state index contributed by atoms with van der Waals surface area (Å²) in [6, 6.07) is 24.8. The fourth-order valence-corrected chi connectivity index (χ4v) is 2.99. The largest absolute Gasteiger partial charge is 0.488 e. The molecule has 3 aromatic carbocycles. The maximum Gasteiger partial charge on any atom is 0.309 e. The number of carbonyl (C=O) groups excluding carboxylic acids is 2. The summed E-state index contributed by atoms with van der Waals surface area (Å²) >= 11 is 0. The van der Waals surface area contributed by atoms with Gasteiger partial charge < -0.3 is 9.47 Å². The van der Waals surface area contributed by atoms with Crippen molar-refractivity contribution >= 4 is 12.3 Å². The van der Waals surface area contributed by atoms with E-state index in [1.807, 2.05) is 73.7 Å². The normalized spacial score (nSPS) is 11.5. The Balaban J connectivity index is 1.57. The first kappa shape index (κ1) is 20.3. The van der Waals surface area contributed by atoms with Gasteiger partial charge in [-0.15, -0.1) is 0 Å². The number of ether oxygens (including phenoxy) is 2. The monoisotopic (exact) mass is 388 g/mol. The van der Waals surface area contributed by atoms with Gasteiger partial charge in [0.05, 0.1) is 11.5 Å². The molecule has 0 aliphatic heterocycles. The summed E-state index contributed by atoms with van der Waals surface area (Å²) in [7, 11) is 0. The van der Waals surface area contributed by atoms with Gasteiger partial charge in [0, 0.05) is 0 Å². The quantitative estimate of drug-likeness (QED) is 0.382. The Kier molecular flexibility index (Phi) is 7.17. The molecule has 0 saturated heterocycles. The zero-order valence-electron chi connectivity index (χ0n) is 16.4. The summed E-state index contributed by atoms with van der Waals surface area (Å²) in [6.45, 7) is 2.48. The van der Waals surface area contributed by atoms with Gasteiger partial charge in [0.1, 0.15) is 19.0 Å². The van der Waals surface area contributed by atoms with Crippen molar-refractivity contribution in [1.29, 1.82) is 0 Å². The van der Waals surface area contributed by atoms with E-state index in [0.29, 0.717) is 24.3 Å². The number of carbonyl (C=O) groups is 2. The number of esters is 1. The van der Waals surface area contributed by atoms with E-state index in [1.54, 1.807) is 12.1 Å². The third-order valence-corrected chi connectivity index (χ3v) is 4.61. The lowest BCUT2D eigenvalue weighted by atomic mass is 9.99. The predicted molar refractivity (Wildman–Crippen MR) is 112 cm³/mol. The van der Waals surface area contributed by atoms with Gasteiger partial charge in [0.15, 0.2) is 6.29 Å². The lowest BCUT2D eigenvalue weighted by Gasteiger charge is -2.14. The number of hydrogen-bond acceptors (Lipinski definition) is 4. The Morgan fingerprint density at radius 2 is 1.48 bits per heavy atom. The van der Waals surface area contributed by atoms with Gasteiger partial charge >= 0.3 is 5.97 Å². The lowest BCUT2D eigenvalue weighted by molar-refractivity contribution is -0.149. The minimum atomic E-state index is -0.311. The molecular formula is C25H24O4. The molecule has 0 heterocycles. The van der Waals surface area contributed by atoms with E-state index in [4.69, 9.17) is 9.47 Å². The smallest absolute Gasteiger partial charge is 0.309 e. The van der Waals surface area contributed by atoms with Crippen molar-refractivity contribution in [3.63, 3.8) is 0 Å². The van der Waals surface area contributed by atoms with Crippen LogP contribution in [0.1, 0.15) is 34.0 Å². The highest BCUT2D eigenvalue weighted by Gasteiger charge is 2.16. The second-order valence-corrected chi connectivity index (χ2v) is 6.96. The summed E-state index contributed by atoms with van der Waals surface area (Å²) in [5, 5.41) is 0. The van der Waals surface area contributed by atoms with E-state index in [2.05, 4.69) is 0 Å². The maximum atomic E-state index is 12.3. The van der Waals surface area contributed by atoms with Gasteiger partial charge in [-0.1, -0.05) is 73.7 Å². The highest BCUT2D eigenvalue weighted by molar-refractivity contribution is 5.80. The van der Waals surface area contributed by atoms with Gasteiger partial charge in [0.2, 0.25) is 0 Å². The van der Waals surface area contributed by atoms with Crippen LogP contribution in [-0.2, 0) is 29.2 Å². The fraction of sp³-hybridized carbons (Fsp3) is 0.200. The molecule has 0 amide bonds. The van der Waals surface area contributed by atoms with Crippen LogP contribution in [0.2, 0.25) is 0 Å². The maximum absolute atomic E-state index is 12.3. The van der Waals surface area contributed by atoms with E-state index < -0.39 is 0 Å². The van der Waals surface area contributed by atoms with Crippen LogP contribution in [0.3, 0.4) is 0 Å². The minimum absolute atomic E-state index is 0.258. The van der Waals surface area contributed by atoms with E-state index >= 15 is 0 Å². The zero-order chi connectivity index (χ0) is 20.5. The van der Waals surface area contributed by atoms with Crippen molar-refractivity contribution in [1.82, 2.24) is 0 Å². The molecule has 4 nitrogen and oxygen atoms in total. The average molecular weight is 388 g/mol. The molecule has 0 spiro atoms. The molecule has 0 fully saturated rings. The molecule has 0 aromatic heterocycles. The average Bonchev–Trinajstić information content (AvgIpc) is 2.77. The molecule has 0 saturated carbocycles. The van der Waals surface area contributed by atoms with Gasteiger partial charge in [-0.3, -0.25) is 9.59 Å². The standard InChI is InChI=1S/C25H24O4/c1-19(25(27)29-18-21-10-6-3-7-11-21)14-22-12-13-24(23(15-22)16-26)28-17-20-8-4-2-5-9-20/h2-13,15-16,19H,14,17-18H2,1H3/t19-/m0/s1. The summed E-state index contributed by atoms with van der Waals surface area (Å²) in [4.78, 5) is 23.8. The molecule has 0 radical (unpaired) electrons. The third-order valence-electron chi connectivity index (χ3n) is 4.61. The van der Waals surface area contributed by atoms with E-state index in [1.165, 1.54) is 0 Å². The van der Waals surface area contributed by atoms with Crippen molar-refractivity contribution in [2.24, 2.45) is 5.92 Å². The minimum Gasteiger partial charge on any atom is -0.488 e. The van der Waals surface area contributed by atoms with Gasteiger partial charge in [0.25, 0.3) is 0 Å². The first-order chi connectivity index (χ1) is 14.2. The van der Waals surface area contributed by atoms with Gasteiger partial charge in [-0.05, 0) is 35.2 Å². The highest BCUT2D eigenvalue weighted by atomic mass is 16.5. The number of hydrogen-bond donors (Lipinski definition) is 0. The molecule has 3 rings (SSSR count). The van der Waals surface area contributed by atoms with Crippen LogP contribution >= 0.6 is 0 Å². The first-order valence-corrected chi connectivity index (χ1v) is 9.61. The summed E-state index contributed by atoms with van der Waals surface area (Å²) in [5.74, 6) is -0.0351. The zero-order valence-corrected chi connectivity index (χ0v) is 16.4. The van der Waals surface area contributed by atoms with E-state index in [9.17, 15) is 9.59 Å². The van der Waals surface area contributed by atoms with Crippen molar-refractivity contribution < 1.29 is 19.1 Å². The Bertz CT molecular complexity index is 936. The molecule has 148 valence electrons. The van der Waals surface area contributed by atoms with Crippen molar-refractivity contribution in [2.45, 2.75) is 26.6 Å². The molecule has 1 atom stereocenters. The molecule has 3 aromatic rings. The third kappa shape index (κ3) is 6.04. The Morgan fingerprint density at radius 1 is 0.862 bits per heavy atom. The molecule has 0 N–H and O–H groups in total. The first-order valence-electron chi connectivity index (χ1n) is 9.61. The van der Waals surface area contributed by atoms with Crippen LogP contribution in [0, 0.1) is 5.92 Å². The molecule has 0 aliphatic carbocycles. The fourth-order valence-electron chi connectivity index (χ4n) is 2.99. The molecule has 0 unspecified atom stereocenters. The summed E-state index contributed by atoms with van der Waals surface area (Å²) in [5.41, 5.74) is 3.35. The van der Waals surface area contributed by atoms with Gasteiger partial charge in [-0.2, -0.15) is 0 Å². The SMILES string of the molecule is C[C@@H](Cc1ccc(OCc2ccccc2)c(C=O)c1)C(=O)OCc1ccccc1. The van der Waals surface area contributed by atoms with Crippen molar-refractivity contribution in [3.05, 3.63) is 101 Å². The van der Waals surface area contributed by atoms with Crippen LogP contribution in [0.15, 0.2) is 78.9 Å². The van der Waals surface area contributed by atoms with Crippen LogP contribution in [-0.4, -0.2) is 12.3 Å². The lowest BCUT2D eigenvalue weighted by Crippen LogP contribution is -2.17. The predicted octanol–water partition coefficient (Wildman–Crippen LogP) is 5.00. The molecule has 4 heteroatoms. The van der Waals surface area contributed by atoms with Crippen molar-refractivity contribution in [3.8, 4) is 5.75 Å². The van der Waals surface area contributed by atoms with E-state index in [0.717, 1.165) is 23.0 Å². The summed E-state index contributed by atoms with van der Waals surface area (Å²) in [6.07, 6.45) is 1.27. The van der Waals surface area contributed by atoms with Crippen molar-refractivity contribution in [2.75, 3.05) is 0 Å². The highest BCUT2D eigenvalue weighted by Crippen LogP contribution is 2.22. The van der Waals surface area contributed by atoms with Gasteiger partial charge in [-0.25, -0.2) is 0 Å². The topological polar surface area (TPSA) is 52.6 Å². The number of benzene rings is 3. The summed E-state index contributed by atoms with van der Waals surface area (Å²) < 4.78 is 11.2. The second-order valence-electron chi connectivity index (χ2n) is 6.96. The van der Waals surface area contributed by atoms with E-state index in [-0.39, 0.29) is 18.5 Å². The molecule has 0 bridgehead atoms. The van der Waals surface area contributed by atoms with Crippen LogP contribution in [0.4, 0.5) is 0 Å². The second kappa shape index (κ2) is 10.2.